The lowest BCUT2D eigenvalue weighted by atomic mass is 10.0. The van der Waals surface area contributed by atoms with Gasteiger partial charge in [-0.1, -0.05) is 6.92 Å². The number of nitrogens with zero attached hydrogens (tertiary/aromatic N) is 3. The SMILES string of the molecule is CC1CCN(CCCn2ccnc2)C1C(=O)O. The van der Waals surface area contributed by atoms with Crippen molar-refractivity contribution < 1.29 is 9.90 Å². The van der Waals surface area contributed by atoms with E-state index in [-0.39, 0.29) is 12.0 Å². The summed E-state index contributed by atoms with van der Waals surface area (Å²) in [6.45, 7) is 4.67. The van der Waals surface area contributed by atoms with Gasteiger partial charge in [-0.15, -0.1) is 0 Å². The van der Waals surface area contributed by atoms with Crippen molar-refractivity contribution in [3.8, 4) is 0 Å². The Bertz CT molecular complexity index is 364. The largest absolute Gasteiger partial charge is 0.480 e. The van der Waals surface area contributed by atoms with Gasteiger partial charge in [0.25, 0.3) is 0 Å². The number of aromatic nitrogens is 2. The summed E-state index contributed by atoms with van der Waals surface area (Å²) in [6, 6.07) is -0.294. The summed E-state index contributed by atoms with van der Waals surface area (Å²) < 4.78 is 2.02. The number of carboxylic acids is 1. The van der Waals surface area contributed by atoms with E-state index in [9.17, 15) is 9.90 Å². The number of rotatable bonds is 5. The molecule has 2 rings (SSSR count). The highest BCUT2D eigenvalue weighted by Crippen LogP contribution is 2.24. The molecule has 0 radical (unpaired) electrons. The topological polar surface area (TPSA) is 58.4 Å². The van der Waals surface area contributed by atoms with Crippen LogP contribution in [0.15, 0.2) is 18.7 Å². The van der Waals surface area contributed by atoms with Crippen molar-refractivity contribution in [1.82, 2.24) is 14.5 Å². The Kier molecular flexibility index (Phi) is 3.78. The monoisotopic (exact) mass is 237 g/mol. The predicted molar refractivity (Wildman–Crippen MR) is 63.6 cm³/mol. The third kappa shape index (κ3) is 2.85. The molecule has 5 heteroatoms. The van der Waals surface area contributed by atoms with Crippen LogP contribution in [0.3, 0.4) is 0 Å². The zero-order valence-electron chi connectivity index (χ0n) is 10.1. The Hall–Kier alpha value is -1.36. The molecule has 0 aliphatic carbocycles. The van der Waals surface area contributed by atoms with Gasteiger partial charge in [0.05, 0.1) is 6.33 Å². The normalized spacial score (nSPS) is 25.2. The number of aryl methyl sites for hydroxylation is 1. The van der Waals surface area contributed by atoms with Crippen molar-refractivity contribution >= 4 is 5.97 Å². The summed E-state index contributed by atoms with van der Waals surface area (Å²) in [7, 11) is 0. The highest BCUT2D eigenvalue weighted by Gasteiger charge is 2.35. The fraction of sp³-hybridized carbons (Fsp3) is 0.667. The molecule has 94 valence electrons. The number of carbonyl (C=O) groups is 1. The minimum Gasteiger partial charge on any atom is -0.480 e. The zero-order valence-corrected chi connectivity index (χ0v) is 10.1. The molecule has 5 nitrogen and oxygen atoms in total. The minimum atomic E-state index is -0.683. The van der Waals surface area contributed by atoms with Gasteiger partial charge in [0.2, 0.25) is 0 Å². The Morgan fingerprint density at radius 3 is 3.00 bits per heavy atom. The predicted octanol–water partition coefficient (Wildman–Crippen LogP) is 1.07. The van der Waals surface area contributed by atoms with E-state index in [0.717, 1.165) is 32.5 Å². The average molecular weight is 237 g/mol. The van der Waals surface area contributed by atoms with Gasteiger partial charge in [0.15, 0.2) is 0 Å². The van der Waals surface area contributed by atoms with E-state index in [4.69, 9.17) is 0 Å². The number of imidazole rings is 1. The fourth-order valence-electron chi connectivity index (χ4n) is 2.55. The fourth-order valence-corrected chi connectivity index (χ4v) is 2.55. The molecule has 1 fully saturated rings. The Balaban J connectivity index is 1.80. The van der Waals surface area contributed by atoms with Crippen LogP contribution in [0.1, 0.15) is 19.8 Å². The van der Waals surface area contributed by atoms with Crippen molar-refractivity contribution in [3.63, 3.8) is 0 Å². The summed E-state index contributed by atoms with van der Waals surface area (Å²) in [5.74, 6) is -0.418. The standard InChI is InChI=1S/C12H19N3O2/c1-10-3-7-15(11(10)12(16)17)6-2-5-14-8-4-13-9-14/h4,8-11H,2-3,5-7H2,1H3,(H,16,17). The van der Waals surface area contributed by atoms with Gasteiger partial charge >= 0.3 is 5.97 Å². The zero-order chi connectivity index (χ0) is 12.3. The molecule has 2 heterocycles. The van der Waals surface area contributed by atoms with Crippen LogP contribution in [0.4, 0.5) is 0 Å². The van der Waals surface area contributed by atoms with Crippen molar-refractivity contribution in [2.24, 2.45) is 5.92 Å². The number of aliphatic carboxylic acids is 1. The summed E-state index contributed by atoms with van der Waals surface area (Å²) >= 11 is 0. The molecular weight excluding hydrogens is 218 g/mol. The van der Waals surface area contributed by atoms with E-state index in [1.165, 1.54) is 0 Å². The number of likely N-dealkylation sites (tertiary alicyclic amines) is 1. The molecule has 0 bridgehead atoms. The summed E-state index contributed by atoms with van der Waals surface area (Å²) in [5, 5.41) is 9.18. The Morgan fingerprint density at radius 2 is 2.35 bits per heavy atom. The van der Waals surface area contributed by atoms with Gasteiger partial charge in [-0.05, 0) is 25.3 Å². The molecule has 1 aromatic heterocycles. The second-order valence-corrected chi connectivity index (χ2v) is 4.74. The van der Waals surface area contributed by atoms with Crippen molar-refractivity contribution in [2.45, 2.75) is 32.4 Å². The lowest BCUT2D eigenvalue weighted by Crippen LogP contribution is -2.39. The van der Waals surface area contributed by atoms with Gasteiger partial charge in [-0.2, -0.15) is 0 Å². The van der Waals surface area contributed by atoms with Crippen LogP contribution in [-0.2, 0) is 11.3 Å². The van der Waals surface area contributed by atoms with Gasteiger partial charge in [0, 0.05) is 25.5 Å². The van der Waals surface area contributed by atoms with Crippen LogP contribution in [0, 0.1) is 5.92 Å². The molecule has 2 atom stereocenters. The maximum absolute atomic E-state index is 11.2. The summed E-state index contributed by atoms with van der Waals surface area (Å²) in [5.41, 5.74) is 0. The number of carboxylic acid groups (broad SMARTS) is 1. The first-order valence-corrected chi connectivity index (χ1v) is 6.11. The van der Waals surface area contributed by atoms with Crippen LogP contribution >= 0.6 is 0 Å². The van der Waals surface area contributed by atoms with E-state index in [1.807, 2.05) is 17.7 Å². The molecule has 1 saturated heterocycles. The second-order valence-electron chi connectivity index (χ2n) is 4.74. The Morgan fingerprint density at radius 1 is 1.53 bits per heavy atom. The van der Waals surface area contributed by atoms with Crippen LogP contribution in [-0.4, -0.2) is 44.7 Å². The van der Waals surface area contributed by atoms with Crippen molar-refractivity contribution in [2.75, 3.05) is 13.1 Å². The molecule has 0 saturated carbocycles. The molecule has 0 amide bonds. The molecule has 0 aromatic carbocycles. The summed E-state index contributed by atoms with van der Waals surface area (Å²) in [4.78, 5) is 17.2. The quantitative estimate of drug-likeness (QED) is 0.832. The van der Waals surface area contributed by atoms with Crippen LogP contribution in [0.25, 0.3) is 0 Å². The van der Waals surface area contributed by atoms with Crippen molar-refractivity contribution in [1.29, 1.82) is 0 Å². The third-order valence-corrected chi connectivity index (χ3v) is 3.48. The molecule has 1 N–H and O–H groups in total. The number of hydrogen-bond acceptors (Lipinski definition) is 3. The van der Waals surface area contributed by atoms with Gasteiger partial charge in [0.1, 0.15) is 6.04 Å². The average Bonchev–Trinajstić information content (AvgIpc) is 2.88. The highest BCUT2D eigenvalue weighted by atomic mass is 16.4. The number of hydrogen-bond donors (Lipinski definition) is 1. The summed E-state index contributed by atoms with van der Waals surface area (Å²) in [6.07, 6.45) is 7.44. The lowest BCUT2D eigenvalue weighted by molar-refractivity contribution is -0.143. The van der Waals surface area contributed by atoms with E-state index in [1.54, 1.807) is 12.5 Å². The molecule has 1 aromatic rings. The Labute approximate surface area is 101 Å². The second kappa shape index (κ2) is 5.31. The first-order chi connectivity index (χ1) is 8.18. The van der Waals surface area contributed by atoms with E-state index in [2.05, 4.69) is 9.88 Å². The van der Waals surface area contributed by atoms with Gasteiger partial charge in [-0.3, -0.25) is 9.69 Å². The first-order valence-electron chi connectivity index (χ1n) is 6.11. The van der Waals surface area contributed by atoms with Gasteiger partial charge < -0.3 is 9.67 Å². The molecule has 0 spiro atoms. The molecule has 17 heavy (non-hydrogen) atoms. The molecule has 2 unspecified atom stereocenters. The van der Waals surface area contributed by atoms with Crippen LogP contribution in [0.2, 0.25) is 0 Å². The molecule has 1 aliphatic rings. The van der Waals surface area contributed by atoms with Gasteiger partial charge in [-0.25, -0.2) is 4.98 Å². The van der Waals surface area contributed by atoms with E-state index < -0.39 is 5.97 Å². The smallest absolute Gasteiger partial charge is 0.321 e. The highest BCUT2D eigenvalue weighted by molar-refractivity contribution is 5.74. The van der Waals surface area contributed by atoms with Crippen molar-refractivity contribution in [3.05, 3.63) is 18.7 Å². The minimum absolute atomic E-state index is 0.265. The first kappa shape index (κ1) is 12.1. The van der Waals surface area contributed by atoms with Crippen LogP contribution < -0.4 is 0 Å². The maximum Gasteiger partial charge on any atom is 0.321 e. The van der Waals surface area contributed by atoms with Crippen LogP contribution in [0.5, 0.6) is 0 Å². The molecular formula is C12H19N3O2. The lowest BCUT2D eigenvalue weighted by Gasteiger charge is -2.22. The maximum atomic E-state index is 11.2. The molecule has 1 aliphatic heterocycles. The van der Waals surface area contributed by atoms with E-state index in [0.29, 0.717) is 0 Å². The third-order valence-electron chi connectivity index (χ3n) is 3.48. The van der Waals surface area contributed by atoms with E-state index >= 15 is 0 Å².